The molecular formula is C22H19N3O2. The zero-order valence-corrected chi connectivity index (χ0v) is 15.1. The summed E-state index contributed by atoms with van der Waals surface area (Å²) in [7, 11) is 0. The van der Waals surface area contributed by atoms with E-state index in [0.29, 0.717) is 17.0 Å². The highest BCUT2D eigenvalue weighted by atomic mass is 16.3. The van der Waals surface area contributed by atoms with E-state index in [1.165, 1.54) is 0 Å². The minimum absolute atomic E-state index is 0.144. The molecule has 134 valence electrons. The Labute approximate surface area is 156 Å². The van der Waals surface area contributed by atoms with Crippen LogP contribution in [0, 0.1) is 13.8 Å². The van der Waals surface area contributed by atoms with E-state index in [9.17, 15) is 9.90 Å². The molecule has 1 aromatic heterocycles. The number of fused-ring (bicyclic) bond motifs is 1. The third kappa shape index (κ3) is 3.15. The quantitative estimate of drug-likeness (QED) is 0.493. The van der Waals surface area contributed by atoms with Gasteiger partial charge in [-0.3, -0.25) is 9.89 Å². The van der Waals surface area contributed by atoms with Gasteiger partial charge in [0.1, 0.15) is 11.4 Å². The van der Waals surface area contributed by atoms with Gasteiger partial charge in [0.05, 0.1) is 5.69 Å². The number of aryl methyl sites for hydroxylation is 2. The number of carbonyl (C=O) groups is 1. The second-order valence-electron chi connectivity index (χ2n) is 6.60. The number of rotatable bonds is 3. The molecule has 5 heteroatoms. The molecule has 3 N–H and O–H groups in total. The predicted molar refractivity (Wildman–Crippen MR) is 107 cm³/mol. The fourth-order valence-electron chi connectivity index (χ4n) is 3.11. The van der Waals surface area contributed by atoms with Crippen molar-refractivity contribution in [3.8, 4) is 17.0 Å². The fourth-order valence-corrected chi connectivity index (χ4v) is 3.11. The Morgan fingerprint density at radius 3 is 2.59 bits per heavy atom. The van der Waals surface area contributed by atoms with Crippen molar-refractivity contribution in [1.29, 1.82) is 0 Å². The number of phenolic OH excluding ortho intramolecular Hbond substituents is 1. The van der Waals surface area contributed by atoms with Crippen LogP contribution in [0.5, 0.6) is 5.75 Å². The number of hydrogen-bond acceptors (Lipinski definition) is 3. The molecule has 0 saturated carbocycles. The van der Waals surface area contributed by atoms with E-state index in [0.717, 1.165) is 27.6 Å². The summed E-state index contributed by atoms with van der Waals surface area (Å²) >= 11 is 0. The lowest BCUT2D eigenvalue weighted by Gasteiger charge is -2.07. The predicted octanol–water partition coefficient (Wildman–Crippen LogP) is 4.80. The first-order valence-corrected chi connectivity index (χ1v) is 8.68. The van der Waals surface area contributed by atoms with Crippen LogP contribution in [-0.4, -0.2) is 21.2 Å². The molecule has 0 unspecified atom stereocenters. The summed E-state index contributed by atoms with van der Waals surface area (Å²) < 4.78 is 0. The molecule has 5 nitrogen and oxygen atoms in total. The molecule has 4 rings (SSSR count). The molecule has 0 radical (unpaired) electrons. The largest absolute Gasteiger partial charge is 0.507 e. The molecule has 0 fully saturated rings. The zero-order chi connectivity index (χ0) is 19.0. The molecule has 0 aliphatic carbocycles. The molecule has 27 heavy (non-hydrogen) atoms. The molecule has 0 spiro atoms. The number of anilines is 1. The highest BCUT2D eigenvalue weighted by Crippen LogP contribution is 2.31. The molecular weight excluding hydrogens is 338 g/mol. The minimum atomic E-state index is -0.284. The molecule has 4 aromatic rings. The van der Waals surface area contributed by atoms with Crippen LogP contribution in [0.3, 0.4) is 0 Å². The van der Waals surface area contributed by atoms with Crippen molar-refractivity contribution in [1.82, 2.24) is 10.2 Å². The maximum absolute atomic E-state index is 12.7. The Morgan fingerprint density at radius 1 is 1.00 bits per heavy atom. The van der Waals surface area contributed by atoms with Gasteiger partial charge in [0.15, 0.2) is 0 Å². The highest BCUT2D eigenvalue weighted by Gasteiger charge is 2.15. The van der Waals surface area contributed by atoms with Gasteiger partial charge in [0, 0.05) is 16.6 Å². The molecule has 1 amide bonds. The summed E-state index contributed by atoms with van der Waals surface area (Å²) in [5, 5.41) is 22.1. The number of phenols is 1. The normalized spacial score (nSPS) is 10.9. The number of aromatic amines is 1. The molecule has 1 heterocycles. The summed E-state index contributed by atoms with van der Waals surface area (Å²) in [6, 6.07) is 18.9. The van der Waals surface area contributed by atoms with Crippen LogP contribution in [-0.2, 0) is 0 Å². The van der Waals surface area contributed by atoms with Gasteiger partial charge >= 0.3 is 0 Å². The van der Waals surface area contributed by atoms with Crippen molar-refractivity contribution in [3.05, 3.63) is 77.5 Å². The average Bonchev–Trinajstić information content (AvgIpc) is 3.15. The Balaban J connectivity index is 1.64. The summed E-state index contributed by atoms with van der Waals surface area (Å²) in [5.41, 5.74) is 4.24. The third-order valence-corrected chi connectivity index (χ3v) is 4.75. The first-order chi connectivity index (χ1) is 13.0. The minimum Gasteiger partial charge on any atom is -0.507 e. The van der Waals surface area contributed by atoms with E-state index in [4.69, 9.17) is 0 Å². The number of carbonyl (C=O) groups excluding carboxylic acids is 1. The van der Waals surface area contributed by atoms with Crippen molar-refractivity contribution in [2.24, 2.45) is 0 Å². The van der Waals surface area contributed by atoms with Crippen LogP contribution >= 0.6 is 0 Å². The number of aromatic hydroxyl groups is 1. The van der Waals surface area contributed by atoms with Crippen LogP contribution in [0.4, 0.5) is 5.69 Å². The Hall–Kier alpha value is -3.60. The van der Waals surface area contributed by atoms with Gasteiger partial charge in [0.25, 0.3) is 5.91 Å². The van der Waals surface area contributed by atoms with Gasteiger partial charge in [-0.05, 0) is 54.6 Å². The van der Waals surface area contributed by atoms with Gasteiger partial charge in [-0.1, -0.05) is 36.4 Å². The standard InChI is InChI=1S/C22H19N3O2/c1-13-10-17(21(26)11-14(13)2)19-12-20(25-24-19)22(27)23-18-9-5-7-15-6-3-4-8-16(15)18/h3-12,26H,1-2H3,(H,23,27)(H,24,25). The van der Waals surface area contributed by atoms with E-state index in [1.54, 1.807) is 12.1 Å². The number of nitrogens with one attached hydrogen (secondary N) is 2. The first-order valence-electron chi connectivity index (χ1n) is 8.68. The fraction of sp³-hybridized carbons (Fsp3) is 0.0909. The molecule has 0 atom stereocenters. The van der Waals surface area contributed by atoms with Gasteiger partial charge in [-0.2, -0.15) is 5.10 Å². The molecule has 0 saturated heterocycles. The number of nitrogens with zero attached hydrogens (tertiary/aromatic N) is 1. The molecule has 0 aliphatic heterocycles. The molecule has 0 bridgehead atoms. The van der Waals surface area contributed by atoms with Gasteiger partial charge in [-0.25, -0.2) is 0 Å². The third-order valence-electron chi connectivity index (χ3n) is 4.75. The number of amides is 1. The smallest absolute Gasteiger partial charge is 0.273 e. The zero-order valence-electron chi connectivity index (χ0n) is 15.1. The van der Waals surface area contributed by atoms with Crippen molar-refractivity contribution in [2.75, 3.05) is 5.32 Å². The summed E-state index contributed by atoms with van der Waals surface area (Å²) in [6.45, 7) is 3.91. The van der Waals surface area contributed by atoms with Crippen molar-refractivity contribution in [3.63, 3.8) is 0 Å². The molecule has 0 aliphatic rings. The highest BCUT2D eigenvalue weighted by molar-refractivity contribution is 6.08. The monoisotopic (exact) mass is 357 g/mol. The van der Waals surface area contributed by atoms with Gasteiger partial charge in [0.2, 0.25) is 0 Å². The van der Waals surface area contributed by atoms with Crippen LogP contribution in [0.2, 0.25) is 0 Å². The van der Waals surface area contributed by atoms with Crippen LogP contribution in [0.15, 0.2) is 60.7 Å². The Morgan fingerprint density at radius 2 is 1.74 bits per heavy atom. The van der Waals surface area contributed by atoms with E-state index in [1.807, 2.05) is 62.4 Å². The van der Waals surface area contributed by atoms with E-state index in [2.05, 4.69) is 15.5 Å². The lowest BCUT2D eigenvalue weighted by molar-refractivity contribution is 0.102. The van der Waals surface area contributed by atoms with Crippen molar-refractivity contribution in [2.45, 2.75) is 13.8 Å². The maximum Gasteiger partial charge on any atom is 0.273 e. The summed E-state index contributed by atoms with van der Waals surface area (Å²) in [6.07, 6.45) is 0. The van der Waals surface area contributed by atoms with Crippen LogP contribution in [0.1, 0.15) is 21.6 Å². The Bertz CT molecular complexity index is 1160. The Kier molecular flexibility index (Phi) is 4.12. The number of H-pyrrole nitrogens is 1. The lowest BCUT2D eigenvalue weighted by atomic mass is 10.0. The second kappa shape index (κ2) is 6.61. The van der Waals surface area contributed by atoms with E-state index in [-0.39, 0.29) is 11.7 Å². The SMILES string of the molecule is Cc1cc(O)c(-c2cc(C(=O)Nc3cccc4ccccc34)[nH]n2)cc1C. The van der Waals surface area contributed by atoms with Crippen molar-refractivity contribution < 1.29 is 9.90 Å². The maximum atomic E-state index is 12.7. The average molecular weight is 357 g/mol. The van der Waals surface area contributed by atoms with Crippen LogP contribution < -0.4 is 5.32 Å². The van der Waals surface area contributed by atoms with E-state index < -0.39 is 0 Å². The lowest BCUT2D eigenvalue weighted by Crippen LogP contribution is -2.12. The molecule has 3 aromatic carbocycles. The number of aromatic nitrogens is 2. The first kappa shape index (κ1) is 16.8. The van der Waals surface area contributed by atoms with Gasteiger partial charge in [-0.15, -0.1) is 0 Å². The van der Waals surface area contributed by atoms with Crippen LogP contribution in [0.25, 0.3) is 22.0 Å². The number of hydrogen-bond donors (Lipinski definition) is 3. The topological polar surface area (TPSA) is 78.0 Å². The number of benzene rings is 3. The second-order valence-corrected chi connectivity index (χ2v) is 6.60. The summed E-state index contributed by atoms with van der Waals surface area (Å²) in [5.74, 6) is -0.140. The van der Waals surface area contributed by atoms with Gasteiger partial charge < -0.3 is 10.4 Å². The van der Waals surface area contributed by atoms with Crippen molar-refractivity contribution >= 4 is 22.4 Å². The summed E-state index contributed by atoms with van der Waals surface area (Å²) in [4.78, 5) is 12.7. The van der Waals surface area contributed by atoms with E-state index >= 15 is 0 Å².